The summed E-state index contributed by atoms with van der Waals surface area (Å²) in [5.41, 5.74) is 7.98. The average Bonchev–Trinajstić information content (AvgIpc) is 2.87. The van der Waals surface area contributed by atoms with Crippen LogP contribution in [0.25, 0.3) is 11.3 Å². The maximum Gasteiger partial charge on any atom is 0.223 e. The zero-order chi connectivity index (χ0) is 14.3. The lowest BCUT2D eigenvalue weighted by atomic mass is 10.0. The van der Waals surface area contributed by atoms with Crippen LogP contribution in [0.2, 0.25) is 10.0 Å². The number of anilines is 1. The third kappa shape index (κ3) is 2.13. The zero-order valence-electron chi connectivity index (χ0n) is 10.6. The van der Waals surface area contributed by atoms with E-state index in [1.807, 2.05) is 0 Å². The van der Waals surface area contributed by atoms with Crippen molar-refractivity contribution >= 4 is 29.2 Å². The fraction of sp³-hybridized carbons (Fsp3) is 0.231. The van der Waals surface area contributed by atoms with E-state index in [0.717, 1.165) is 17.5 Å². The van der Waals surface area contributed by atoms with Gasteiger partial charge in [-0.05, 0) is 6.07 Å². The van der Waals surface area contributed by atoms with Crippen molar-refractivity contribution < 1.29 is 9.47 Å². The minimum Gasteiger partial charge on any atom is -0.491 e. The van der Waals surface area contributed by atoms with Crippen LogP contribution in [0.3, 0.4) is 0 Å². The molecule has 7 heteroatoms. The molecule has 1 aromatic carbocycles. The topological polar surface area (TPSA) is 70.3 Å². The number of methoxy groups -OCH3 is 1. The van der Waals surface area contributed by atoms with Crippen LogP contribution < -0.4 is 15.2 Å². The second-order valence-electron chi connectivity index (χ2n) is 4.28. The summed E-state index contributed by atoms with van der Waals surface area (Å²) in [5.74, 6) is 1.16. The molecule has 0 bridgehead atoms. The quantitative estimate of drug-likeness (QED) is 0.923. The van der Waals surface area contributed by atoms with E-state index in [2.05, 4.69) is 9.97 Å². The van der Waals surface area contributed by atoms with Crippen molar-refractivity contribution in [3.05, 3.63) is 27.7 Å². The van der Waals surface area contributed by atoms with Crippen LogP contribution in [0, 0.1) is 0 Å². The van der Waals surface area contributed by atoms with E-state index in [-0.39, 0.29) is 5.95 Å². The summed E-state index contributed by atoms with van der Waals surface area (Å²) >= 11 is 12.4. The van der Waals surface area contributed by atoms with Gasteiger partial charge in [0.25, 0.3) is 0 Å². The molecule has 0 unspecified atom stereocenters. The van der Waals surface area contributed by atoms with E-state index >= 15 is 0 Å². The molecule has 1 aromatic heterocycles. The van der Waals surface area contributed by atoms with Gasteiger partial charge in [-0.25, -0.2) is 4.98 Å². The van der Waals surface area contributed by atoms with Gasteiger partial charge in [0.1, 0.15) is 5.75 Å². The van der Waals surface area contributed by atoms with Crippen LogP contribution >= 0.6 is 23.2 Å². The van der Waals surface area contributed by atoms with Crippen molar-refractivity contribution in [1.82, 2.24) is 9.97 Å². The van der Waals surface area contributed by atoms with E-state index < -0.39 is 0 Å². The molecule has 0 radical (unpaired) electrons. The van der Waals surface area contributed by atoms with Crippen molar-refractivity contribution in [3.63, 3.8) is 0 Å². The lowest BCUT2D eigenvalue weighted by Crippen LogP contribution is -2.00. The number of nitrogens with zero attached hydrogens (tertiary/aromatic N) is 2. The molecule has 0 fully saturated rings. The van der Waals surface area contributed by atoms with E-state index in [0.29, 0.717) is 34.0 Å². The highest BCUT2D eigenvalue weighted by molar-refractivity contribution is 6.37. The average molecular weight is 312 g/mol. The molecule has 1 aliphatic heterocycles. The molecule has 104 valence electrons. The van der Waals surface area contributed by atoms with Gasteiger partial charge in [0.05, 0.1) is 29.5 Å². The smallest absolute Gasteiger partial charge is 0.223 e. The molecule has 1 aliphatic rings. The van der Waals surface area contributed by atoms with Crippen LogP contribution in [0.4, 0.5) is 5.95 Å². The fourth-order valence-electron chi connectivity index (χ4n) is 2.25. The van der Waals surface area contributed by atoms with Gasteiger partial charge in [-0.1, -0.05) is 23.2 Å². The first-order valence-corrected chi connectivity index (χ1v) is 6.68. The maximum absolute atomic E-state index is 6.31. The molecular formula is C13H11Cl2N3O2. The van der Waals surface area contributed by atoms with Crippen LogP contribution in [0.1, 0.15) is 5.56 Å². The standard InChI is InChI=1S/C13H11Cl2N3O2/c1-19-10-5-9(17-13(16)18-10)11-6-2-3-20-12(6)8(15)4-7(11)14/h4-5H,2-3H2,1H3,(H2,16,17,18). The van der Waals surface area contributed by atoms with Gasteiger partial charge in [-0.2, -0.15) is 4.98 Å². The molecule has 3 rings (SSSR count). The minimum absolute atomic E-state index is 0.123. The number of aromatic nitrogens is 2. The van der Waals surface area contributed by atoms with Gasteiger partial charge in [-0.3, -0.25) is 0 Å². The Labute approximate surface area is 125 Å². The van der Waals surface area contributed by atoms with Crippen molar-refractivity contribution in [3.8, 4) is 22.9 Å². The molecule has 0 saturated carbocycles. The molecule has 2 aromatic rings. The Kier molecular flexibility index (Phi) is 3.31. The minimum atomic E-state index is 0.123. The highest BCUT2D eigenvalue weighted by Crippen LogP contribution is 2.44. The third-order valence-corrected chi connectivity index (χ3v) is 3.65. The number of nitrogen functional groups attached to an aromatic ring is 1. The number of nitrogens with two attached hydrogens (primary N) is 1. The first-order valence-electron chi connectivity index (χ1n) is 5.92. The Hall–Kier alpha value is -1.72. The van der Waals surface area contributed by atoms with Crippen LogP contribution in [-0.2, 0) is 6.42 Å². The predicted octanol–water partition coefficient (Wildman–Crippen LogP) is 2.98. The number of hydrogen-bond donors (Lipinski definition) is 1. The van der Waals surface area contributed by atoms with Crippen molar-refractivity contribution in [2.75, 3.05) is 19.5 Å². The van der Waals surface area contributed by atoms with Crippen molar-refractivity contribution in [2.45, 2.75) is 6.42 Å². The van der Waals surface area contributed by atoms with E-state index in [4.69, 9.17) is 38.4 Å². The van der Waals surface area contributed by atoms with Gasteiger partial charge < -0.3 is 15.2 Å². The number of ether oxygens (including phenoxy) is 2. The summed E-state index contributed by atoms with van der Waals surface area (Å²) < 4.78 is 10.6. The number of benzene rings is 1. The van der Waals surface area contributed by atoms with Gasteiger partial charge in [0.2, 0.25) is 11.8 Å². The third-order valence-electron chi connectivity index (χ3n) is 3.07. The van der Waals surface area contributed by atoms with Gasteiger partial charge in [0, 0.05) is 23.6 Å². The normalized spacial score (nSPS) is 12.9. The Morgan fingerprint density at radius 2 is 2.05 bits per heavy atom. The summed E-state index contributed by atoms with van der Waals surface area (Å²) in [7, 11) is 1.52. The molecule has 2 N–H and O–H groups in total. The summed E-state index contributed by atoms with van der Waals surface area (Å²) in [5, 5.41) is 1.000. The van der Waals surface area contributed by atoms with Gasteiger partial charge >= 0.3 is 0 Å². The molecule has 0 saturated heterocycles. The Bertz CT molecular complexity index is 692. The summed E-state index contributed by atoms with van der Waals surface area (Å²) in [6, 6.07) is 3.33. The maximum atomic E-state index is 6.31. The Morgan fingerprint density at radius 1 is 1.25 bits per heavy atom. The number of hydrogen-bond acceptors (Lipinski definition) is 5. The summed E-state index contributed by atoms with van der Waals surface area (Å²) in [6.45, 7) is 0.570. The first-order chi connectivity index (χ1) is 9.60. The molecule has 5 nitrogen and oxygen atoms in total. The van der Waals surface area contributed by atoms with Gasteiger partial charge in [0.15, 0.2) is 0 Å². The summed E-state index contributed by atoms with van der Waals surface area (Å²) in [4.78, 5) is 8.19. The zero-order valence-corrected chi connectivity index (χ0v) is 12.1. The lowest BCUT2D eigenvalue weighted by Gasteiger charge is -2.12. The number of halogens is 2. The lowest BCUT2D eigenvalue weighted by molar-refractivity contribution is 0.357. The van der Waals surface area contributed by atoms with Crippen molar-refractivity contribution in [1.29, 1.82) is 0 Å². The number of rotatable bonds is 2. The Morgan fingerprint density at radius 3 is 2.80 bits per heavy atom. The van der Waals surface area contributed by atoms with Crippen LogP contribution in [0.5, 0.6) is 11.6 Å². The highest BCUT2D eigenvalue weighted by Gasteiger charge is 2.24. The summed E-state index contributed by atoms with van der Waals surface area (Å²) in [6.07, 6.45) is 0.719. The second-order valence-corrected chi connectivity index (χ2v) is 5.09. The molecule has 0 spiro atoms. The monoisotopic (exact) mass is 311 g/mol. The van der Waals surface area contributed by atoms with Crippen molar-refractivity contribution in [2.24, 2.45) is 0 Å². The predicted molar refractivity (Wildman–Crippen MR) is 77.7 cm³/mol. The fourth-order valence-corrected chi connectivity index (χ4v) is 2.91. The molecule has 0 amide bonds. The molecule has 2 heterocycles. The van der Waals surface area contributed by atoms with E-state index in [1.54, 1.807) is 12.1 Å². The first kappa shape index (κ1) is 13.3. The van der Waals surface area contributed by atoms with E-state index in [1.165, 1.54) is 7.11 Å². The molecule has 0 aliphatic carbocycles. The largest absolute Gasteiger partial charge is 0.491 e. The van der Waals surface area contributed by atoms with Crippen LogP contribution in [0.15, 0.2) is 12.1 Å². The number of fused-ring (bicyclic) bond motifs is 1. The van der Waals surface area contributed by atoms with E-state index in [9.17, 15) is 0 Å². The Balaban J connectivity index is 2.25. The molecule has 20 heavy (non-hydrogen) atoms. The molecule has 0 atom stereocenters. The highest BCUT2D eigenvalue weighted by atomic mass is 35.5. The van der Waals surface area contributed by atoms with Crippen LogP contribution in [-0.4, -0.2) is 23.7 Å². The van der Waals surface area contributed by atoms with Gasteiger partial charge in [-0.15, -0.1) is 0 Å². The SMILES string of the molecule is COc1cc(-c2c(Cl)cc(Cl)c3c2CCO3)nc(N)n1. The second kappa shape index (κ2) is 5.00. The molecular weight excluding hydrogens is 301 g/mol.